The molecular weight excluding hydrogens is 320 g/mol. The van der Waals surface area contributed by atoms with Crippen LogP contribution in [-0.2, 0) is 19.9 Å². The van der Waals surface area contributed by atoms with E-state index < -0.39 is 0 Å². The topological polar surface area (TPSA) is 79.4 Å². The lowest BCUT2D eigenvalue weighted by molar-refractivity contribution is 0.173. The molecule has 4 heterocycles. The van der Waals surface area contributed by atoms with Crippen molar-refractivity contribution >= 4 is 16.7 Å². The van der Waals surface area contributed by atoms with Gasteiger partial charge in [-0.05, 0) is 12.1 Å². The van der Waals surface area contributed by atoms with E-state index in [4.69, 9.17) is 14.5 Å². The first-order chi connectivity index (χ1) is 12.3. The molecule has 0 amide bonds. The van der Waals surface area contributed by atoms with Crippen molar-refractivity contribution in [2.24, 2.45) is 7.05 Å². The number of rotatable bonds is 3. The molecule has 25 heavy (non-hydrogen) atoms. The van der Waals surface area contributed by atoms with E-state index in [0.717, 1.165) is 46.2 Å². The van der Waals surface area contributed by atoms with Crippen molar-refractivity contribution in [2.75, 3.05) is 13.2 Å². The van der Waals surface area contributed by atoms with Crippen molar-refractivity contribution in [3.8, 4) is 11.5 Å². The smallest absolute Gasteiger partial charge is 0.189 e. The summed E-state index contributed by atoms with van der Waals surface area (Å²) >= 11 is 0. The highest BCUT2D eigenvalue weighted by Crippen LogP contribution is 2.37. The molecular formula is C17H16N6O2. The van der Waals surface area contributed by atoms with Gasteiger partial charge in [-0.2, -0.15) is 5.10 Å². The van der Waals surface area contributed by atoms with Gasteiger partial charge in [0.15, 0.2) is 23.0 Å². The predicted molar refractivity (Wildman–Crippen MR) is 89.9 cm³/mol. The van der Waals surface area contributed by atoms with Gasteiger partial charge in [0.1, 0.15) is 24.6 Å². The van der Waals surface area contributed by atoms with Gasteiger partial charge in [-0.1, -0.05) is 0 Å². The quantitative estimate of drug-likeness (QED) is 0.565. The molecule has 0 unspecified atom stereocenters. The Morgan fingerprint density at radius 3 is 2.96 bits per heavy atom. The Morgan fingerprint density at radius 1 is 1.12 bits per heavy atom. The average molecular weight is 336 g/mol. The van der Waals surface area contributed by atoms with Gasteiger partial charge in [-0.3, -0.25) is 4.98 Å². The molecule has 1 aliphatic heterocycles. The second-order valence-electron chi connectivity index (χ2n) is 5.95. The van der Waals surface area contributed by atoms with Crippen LogP contribution >= 0.6 is 0 Å². The monoisotopic (exact) mass is 336 g/mol. The van der Waals surface area contributed by atoms with E-state index in [1.54, 1.807) is 23.1 Å². The Kier molecular flexibility index (Phi) is 3.09. The molecule has 8 nitrogen and oxygen atoms in total. The van der Waals surface area contributed by atoms with Gasteiger partial charge in [0.2, 0.25) is 0 Å². The summed E-state index contributed by atoms with van der Waals surface area (Å²) in [5.74, 6) is 3.25. The number of imidazole rings is 1. The number of ether oxygens (including phenoxy) is 2. The van der Waals surface area contributed by atoms with Gasteiger partial charge in [-0.25, -0.2) is 14.5 Å². The van der Waals surface area contributed by atoms with Gasteiger partial charge in [-0.15, -0.1) is 0 Å². The SMILES string of the molecule is Cn1c(CCc2nc3cnccn3n2)nc2c3c(ccc21)OCCO3. The van der Waals surface area contributed by atoms with E-state index in [0.29, 0.717) is 19.6 Å². The Labute approximate surface area is 143 Å². The summed E-state index contributed by atoms with van der Waals surface area (Å²) < 4.78 is 15.2. The number of hydrogen-bond donors (Lipinski definition) is 0. The molecule has 0 N–H and O–H groups in total. The highest BCUT2D eigenvalue weighted by molar-refractivity contribution is 5.85. The zero-order valence-electron chi connectivity index (χ0n) is 13.7. The molecule has 0 saturated carbocycles. The minimum absolute atomic E-state index is 0.553. The predicted octanol–water partition coefficient (Wildman–Crippen LogP) is 1.57. The summed E-state index contributed by atoms with van der Waals surface area (Å²) in [6, 6.07) is 3.97. The fourth-order valence-electron chi connectivity index (χ4n) is 3.16. The molecule has 0 spiro atoms. The summed E-state index contributed by atoms with van der Waals surface area (Å²) in [5, 5.41) is 4.47. The van der Waals surface area contributed by atoms with E-state index >= 15 is 0 Å². The largest absolute Gasteiger partial charge is 0.486 e. The first-order valence-corrected chi connectivity index (χ1v) is 8.19. The molecule has 0 fully saturated rings. The number of hydrogen-bond acceptors (Lipinski definition) is 6. The van der Waals surface area contributed by atoms with Crippen LogP contribution in [0.1, 0.15) is 11.6 Å². The van der Waals surface area contributed by atoms with Gasteiger partial charge in [0.05, 0.1) is 11.7 Å². The van der Waals surface area contributed by atoms with Crippen molar-refractivity contribution in [1.29, 1.82) is 0 Å². The average Bonchev–Trinajstić information content (AvgIpc) is 3.21. The van der Waals surface area contributed by atoms with Crippen LogP contribution in [0.2, 0.25) is 0 Å². The van der Waals surface area contributed by atoms with Crippen LogP contribution in [0.15, 0.2) is 30.7 Å². The molecule has 0 radical (unpaired) electrons. The lowest BCUT2D eigenvalue weighted by atomic mass is 10.2. The van der Waals surface area contributed by atoms with Crippen LogP contribution in [0.25, 0.3) is 16.7 Å². The highest BCUT2D eigenvalue weighted by Gasteiger charge is 2.20. The van der Waals surface area contributed by atoms with Crippen LogP contribution in [0.5, 0.6) is 11.5 Å². The molecule has 1 aromatic carbocycles. The maximum atomic E-state index is 5.77. The molecule has 126 valence electrons. The zero-order valence-corrected chi connectivity index (χ0v) is 13.7. The van der Waals surface area contributed by atoms with Crippen LogP contribution in [0.4, 0.5) is 0 Å². The third-order valence-electron chi connectivity index (χ3n) is 4.41. The summed E-state index contributed by atoms with van der Waals surface area (Å²) in [7, 11) is 2.02. The molecule has 8 heteroatoms. The standard InChI is InChI=1S/C17H16N6O2/c1-22-11-2-3-12-17(25-9-8-24-12)16(11)20-14(22)5-4-13-19-15-10-18-6-7-23(15)21-13/h2-3,6-7,10H,4-5,8-9H2,1H3. The summed E-state index contributed by atoms with van der Waals surface area (Å²) in [4.78, 5) is 13.3. The maximum absolute atomic E-state index is 5.77. The molecule has 0 aliphatic carbocycles. The van der Waals surface area contributed by atoms with Crippen LogP contribution in [0.3, 0.4) is 0 Å². The summed E-state index contributed by atoms with van der Waals surface area (Å²) in [6.07, 6.45) is 6.64. The van der Waals surface area contributed by atoms with E-state index in [1.807, 2.05) is 19.2 Å². The molecule has 4 aromatic rings. The minimum Gasteiger partial charge on any atom is -0.486 e. The first-order valence-electron chi connectivity index (χ1n) is 8.19. The van der Waals surface area contributed by atoms with E-state index in [-0.39, 0.29) is 0 Å². The number of nitrogens with zero attached hydrogens (tertiary/aromatic N) is 6. The fraction of sp³-hybridized carbons (Fsp3) is 0.294. The van der Waals surface area contributed by atoms with Crippen LogP contribution in [0, 0.1) is 0 Å². The Bertz CT molecular complexity index is 1050. The van der Waals surface area contributed by atoms with E-state index in [1.165, 1.54) is 0 Å². The molecule has 0 bridgehead atoms. The second-order valence-corrected chi connectivity index (χ2v) is 5.95. The molecule has 0 atom stereocenters. The zero-order chi connectivity index (χ0) is 16.8. The molecule has 1 aliphatic rings. The van der Waals surface area contributed by atoms with Gasteiger partial charge in [0, 0.05) is 32.3 Å². The summed E-state index contributed by atoms with van der Waals surface area (Å²) in [5.41, 5.74) is 2.63. The lowest BCUT2D eigenvalue weighted by Gasteiger charge is -2.18. The molecule has 3 aromatic heterocycles. The van der Waals surface area contributed by atoms with Gasteiger partial charge < -0.3 is 14.0 Å². The molecule has 5 rings (SSSR count). The number of aromatic nitrogens is 6. The Hall–Kier alpha value is -3.16. The minimum atomic E-state index is 0.553. The van der Waals surface area contributed by atoms with Crippen LogP contribution in [-0.4, -0.2) is 42.3 Å². The van der Waals surface area contributed by atoms with E-state index in [9.17, 15) is 0 Å². The van der Waals surface area contributed by atoms with Crippen molar-refractivity contribution < 1.29 is 9.47 Å². The fourth-order valence-corrected chi connectivity index (χ4v) is 3.16. The third kappa shape index (κ3) is 2.29. The highest BCUT2D eigenvalue weighted by atomic mass is 16.6. The third-order valence-corrected chi connectivity index (χ3v) is 4.41. The Balaban J connectivity index is 1.47. The van der Waals surface area contributed by atoms with Crippen LogP contribution < -0.4 is 9.47 Å². The van der Waals surface area contributed by atoms with Crippen molar-refractivity contribution in [1.82, 2.24) is 29.1 Å². The van der Waals surface area contributed by atoms with Crippen molar-refractivity contribution in [2.45, 2.75) is 12.8 Å². The van der Waals surface area contributed by atoms with Gasteiger partial charge >= 0.3 is 0 Å². The normalized spacial score (nSPS) is 13.6. The maximum Gasteiger partial charge on any atom is 0.189 e. The number of aryl methyl sites for hydroxylation is 3. The van der Waals surface area contributed by atoms with Gasteiger partial charge in [0.25, 0.3) is 0 Å². The number of benzene rings is 1. The second kappa shape index (κ2) is 5.44. The molecule has 0 saturated heterocycles. The first kappa shape index (κ1) is 14.2. The van der Waals surface area contributed by atoms with E-state index in [2.05, 4.69) is 19.6 Å². The number of fused-ring (bicyclic) bond motifs is 4. The Morgan fingerprint density at radius 2 is 2.04 bits per heavy atom. The van der Waals surface area contributed by atoms with Crippen molar-refractivity contribution in [3.05, 3.63) is 42.4 Å². The van der Waals surface area contributed by atoms with Crippen molar-refractivity contribution in [3.63, 3.8) is 0 Å². The summed E-state index contributed by atoms with van der Waals surface area (Å²) in [6.45, 7) is 1.13. The lowest BCUT2D eigenvalue weighted by Crippen LogP contribution is -2.15.